The van der Waals surface area contributed by atoms with Gasteiger partial charge in [-0.3, -0.25) is 9.36 Å². The van der Waals surface area contributed by atoms with Crippen molar-refractivity contribution in [2.75, 3.05) is 6.16 Å². The van der Waals surface area contributed by atoms with Crippen LogP contribution in [-0.4, -0.2) is 32.3 Å². The van der Waals surface area contributed by atoms with E-state index < -0.39 is 13.1 Å². The van der Waals surface area contributed by atoms with Gasteiger partial charge >= 0.3 is 7.60 Å². The van der Waals surface area contributed by atoms with E-state index in [0.717, 1.165) is 36.9 Å². The monoisotopic (exact) mass is 434 g/mol. The largest absolute Gasteiger partial charge is 0.356 e. The molecule has 7 heteroatoms. The zero-order valence-corrected chi connectivity index (χ0v) is 19.0. The maximum atomic E-state index is 12.6. The molecule has 0 bridgehead atoms. The summed E-state index contributed by atoms with van der Waals surface area (Å²) >= 11 is 0. The molecule has 166 valence electrons. The van der Waals surface area contributed by atoms with Gasteiger partial charge in [0.05, 0.1) is 11.9 Å². The number of aromatic amines is 1. The quantitative estimate of drug-likeness (QED) is 0.212. The molecular weight excluding hydrogens is 399 g/mol. The number of Topliss-reactive ketones (excluding diaryl/α,β-unsaturated/α-hetero) is 1. The average Bonchev–Trinajstić information content (AvgIpc) is 3.12. The van der Waals surface area contributed by atoms with Crippen molar-refractivity contribution in [2.24, 2.45) is 5.73 Å². The summed E-state index contributed by atoms with van der Waals surface area (Å²) in [5.41, 5.74) is 9.61. The van der Waals surface area contributed by atoms with Gasteiger partial charge in [0, 0.05) is 17.7 Å². The van der Waals surface area contributed by atoms with Crippen LogP contribution in [0.1, 0.15) is 73.3 Å². The number of H-pyrrole nitrogens is 1. The summed E-state index contributed by atoms with van der Waals surface area (Å²) in [6.07, 6.45) is 5.44. The molecule has 1 atom stereocenters. The molecular formula is C23H35N2O4P. The van der Waals surface area contributed by atoms with Crippen LogP contribution < -0.4 is 5.73 Å². The van der Waals surface area contributed by atoms with Crippen molar-refractivity contribution in [1.29, 1.82) is 0 Å². The van der Waals surface area contributed by atoms with Gasteiger partial charge in [0.15, 0.2) is 5.78 Å². The summed E-state index contributed by atoms with van der Waals surface area (Å²) in [6, 6.07) is 12.2. The second kappa shape index (κ2) is 11.1. The smallest absolute Gasteiger partial charge is 0.325 e. The topological polar surface area (TPSA) is 116 Å². The van der Waals surface area contributed by atoms with E-state index in [1.54, 1.807) is 0 Å². The molecule has 6 nitrogen and oxygen atoms in total. The number of benzene rings is 1. The number of aryl methyl sites for hydroxylation is 3. The highest BCUT2D eigenvalue weighted by atomic mass is 31.2. The van der Waals surface area contributed by atoms with Gasteiger partial charge in [0.25, 0.3) is 0 Å². The van der Waals surface area contributed by atoms with Crippen LogP contribution in [-0.2, 0) is 23.8 Å². The second-order valence-corrected chi connectivity index (χ2v) is 10.2. The minimum Gasteiger partial charge on any atom is -0.356 e. The lowest BCUT2D eigenvalue weighted by Gasteiger charge is -2.24. The van der Waals surface area contributed by atoms with Gasteiger partial charge in [0.1, 0.15) is 0 Å². The molecule has 0 fully saturated rings. The number of aromatic nitrogens is 1. The number of hydrogen-bond acceptors (Lipinski definition) is 3. The van der Waals surface area contributed by atoms with Crippen molar-refractivity contribution in [3.63, 3.8) is 0 Å². The van der Waals surface area contributed by atoms with Crippen molar-refractivity contribution in [2.45, 2.75) is 70.8 Å². The van der Waals surface area contributed by atoms with Crippen LogP contribution in [0.4, 0.5) is 0 Å². The summed E-state index contributed by atoms with van der Waals surface area (Å²) in [6.45, 7) is 3.87. The predicted molar refractivity (Wildman–Crippen MR) is 121 cm³/mol. The Bertz CT molecular complexity index is 855. The van der Waals surface area contributed by atoms with E-state index in [4.69, 9.17) is 15.5 Å². The maximum absolute atomic E-state index is 12.6. The Hall–Kier alpha value is -1.72. The molecule has 1 unspecified atom stereocenters. The van der Waals surface area contributed by atoms with Crippen LogP contribution in [0.15, 0.2) is 36.4 Å². The summed E-state index contributed by atoms with van der Waals surface area (Å²) in [5, 5.41) is 0. The first-order chi connectivity index (χ1) is 14.1. The van der Waals surface area contributed by atoms with E-state index in [9.17, 15) is 9.36 Å². The fraction of sp³-hybridized carbons (Fsp3) is 0.522. The number of unbranched alkanes of at least 4 members (excludes halogenated alkanes) is 1. The van der Waals surface area contributed by atoms with E-state index in [1.165, 1.54) is 5.56 Å². The van der Waals surface area contributed by atoms with Crippen LogP contribution in [0.3, 0.4) is 0 Å². The summed E-state index contributed by atoms with van der Waals surface area (Å²) in [4.78, 5) is 34.0. The second-order valence-electron chi connectivity index (χ2n) is 8.45. The summed E-state index contributed by atoms with van der Waals surface area (Å²) in [7, 11) is -4.05. The number of nitrogens with two attached hydrogens (primary N) is 1. The lowest BCUT2D eigenvalue weighted by molar-refractivity contribution is 0.0975. The Kier molecular flexibility index (Phi) is 9.05. The van der Waals surface area contributed by atoms with E-state index in [-0.39, 0.29) is 18.4 Å². The average molecular weight is 435 g/mol. The first-order valence-corrected chi connectivity index (χ1v) is 12.5. The Morgan fingerprint density at radius 3 is 2.47 bits per heavy atom. The van der Waals surface area contributed by atoms with Gasteiger partial charge in [-0.1, -0.05) is 37.3 Å². The molecule has 0 saturated carbocycles. The number of rotatable bonds is 13. The molecule has 1 aromatic carbocycles. The third kappa shape index (κ3) is 8.57. The molecule has 0 aliphatic heterocycles. The highest BCUT2D eigenvalue weighted by Gasteiger charge is 2.24. The van der Waals surface area contributed by atoms with Gasteiger partial charge < -0.3 is 20.5 Å². The molecule has 5 N–H and O–H groups in total. The zero-order chi connectivity index (χ0) is 22.2. The molecule has 2 aromatic rings. The summed E-state index contributed by atoms with van der Waals surface area (Å²) in [5.74, 6) is 0.126. The number of nitrogens with one attached hydrogen (secondary N) is 1. The SMILES string of the molecule is CCc1cc(C(=O)CCCCc2ccccc2)[nH]c1CCC(C)(N)CCP(=O)(O)O. The Morgan fingerprint density at radius 2 is 1.83 bits per heavy atom. The number of carbonyl (C=O) groups excluding carboxylic acids is 1. The molecule has 0 radical (unpaired) electrons. The first kappa shape index (κ1) is 24.5. The highest BCUT2D eigenvalue weighted by Crippen LogP contribution is 2.37. The molecule has 0 amide bonds. The Morgan fingerprint density at radius 1 is 1.13 bits per heavy atom. The number of carbonyl (C=O) groups is 1. The van der Waals surface area contributed by atoms with Crippen LogP contribution in [0.25, 0.3) is 0 Å². The van der Waals surface area contributed by atoms with Crippen LogP contribution >= 0.6 is 7.60 Å². The lowest BCUT2D eigenvalue weighted by Crippen LogP contribution is -2.37. The van der Waals surface area contributed by atoms with Gasteiger partial charge in [-0.15, -0.1) is 0 Å². The predicted octanol–water partition coefficient (Wildman–Crippen LogP) is 4.39. The van der Waals surface area contributed by atoms with Crippen molar-refractivity contribution in [3.8, 4) is 0 Å². The standard InChI is InChI=1S/C23H35N2O4P/c1-3-19-17-21(22(26)12-8-7-11-18-9-5-4-6-10-18)25-20(19)13-14-23(2,24)15-16-30(27,28)29/h4-6,9-10,17,25H,3,7-8,11-16,24H2,1-2H3,(H2,27,28,29). The summed E-state index contributed by atoms with van der Waals surface area (Å²) < 4.78 is 11.1. The fourth-order valence-electron chi connectivity index (χ4n) is 3.56. The Balaban J connectivity index is 1.86. The van der Waals surface area contributed by atoms with Crippen molar-refractivity contribution < 1.29 is 19.1 Å². The lowest BCUT2D eigenvalue weighted by atomic mass is 9.92. The fourth-order valence-corrected chi connectivity index (χ4v) is 4.36. The van der Waals surface area contributed by atoms with Gasteiger partial charge in [0.2, 0.25) is 0 Å². The minimum absolute atomic E-state index is 0.126. The van der Waals surface area contributed by atoms with Crippen molar-refractivity contribution in [3.05, 3.63) is 58.9 Å². The normalized spacial score (nSPS) is 13.9. The molecule has 0 aliphatic rings. The zero-order valence-electron chi connectivity index (χ0n) is 18.1. The Labute approximate surface area is 179 Å². The van der Waals surface area contributed by atoms with E-state index in [2.05, 4.69) is 24.0 Å². The molecule has 30 heavy (non-hydrogen) atoms. The van der Waals surface area contributed by atoms with Crippen LogP contribution in [0.2, 0.25) is 0 Å². The molecule has 1 heterocycles. The van der Waals surface area contributed by atoms with Crippen LogP contribution in [0.5, 0.6) is 0 Å². The van der Waals surface area contributed by atoms with Gasteiger partial charge in [-0.05, 0) is 69.1 Å². The number of hydrogen-bond donors (Lipinski definition) is 4. The van der Waals surface area contributed by atoms with Crippen LogP contribution in [0, 0.1) is 0 Å². The molecule has 0 spiro atoms. The maximum Gasteiger partial charge on any atom is 0.325 e. The van der Waals surface area contributed by atoms with E-state index in [0.29, 0.717) is 25.0 Å². The van der Waals surface area contributed by atoms with Crippen molar-refractivity contribution in [1.82, 2.24) is 4.98 Å². The third-order valence-corrected chi connectivity index (χ3v) is 6.36. The van der Waals surface area contributed by atoms with Gasteiger partial charge in [-0.2, -0.15) is 0 Å². The molecule has 1 aromatic heterocycles. The van der Waals surface area contributed by atoms with E-state index in [1.807, 2.05) is 31.2 Å². The molecule has 0 aliphatic carbocycles. The van der Waals surface area contributed by atoms with Gasteiger partial charge in [-0.25, -0.2) is 0 Å². The first-order valence-electron chi connectivity index (χ1n) is 10.7. The highest BCUT2D eigenvalue weighted by molar-refractivity contribution is 7.51. The van der Waals surface area contributed by atoms with E-state index >= 15 is 0 Å². The third-order valence-electron chi connectivity index (χ3n) is 5.56. The molecule has 2 rings (SSSR count). The minimum atomic E-state index is -4.05. The molecule has 0 saturated heterocycles. The van der Waals surface area contributed by atoms with Crippen molar-refractivity contribution >= 4 is 13.4 Å². The number of ketones is 1.